The van der Waals surface area contributed by atoms with Crippen molar-refractivity contribution in [2.45, 2.75) is 31.8 Å². The number of H-pyrrole nitrogens is 1. The highest BCUT2D eigenvalue weighted by Crippen LogP contribution is 2.22. The summed E-state index contributed by atoms with van der Waals surface area (Å²) in [7, 11) is 0. The summed E-state index contributed by atoms with van der Waals surface area (Å²) in [6, 6.07) is 1.20. The van der Waals surface area contributed by atoms with Crippen molar-refractivity contribution in [1.82, 2.24) is 35.9 Å². The summed E-state index contributed by atoms with van der Waals surface area (Å²) < 4.78 is 0. The van der Waals surface area contributed by atoms with Crippen molar-refractivity contribution in [2.24, 2.45) is 0 Å². The fourth-order valence-electron chi connectivity index (χ4n) is 2.45. The molecule has 2 N–H and O–H groups in total. The number of carbonyl (C=O) groups excluding carboxylic acids is 1. The average Bonchev–Trinajstić information content (AvgIpc) is 3.19. The van der Waals surface area contributed by atoms with Crippen molar-refractivity contribution in [1.29, 1.82) is 0 Å². The van der Waals surface area contributed by atoms with Crippen molar-refractivity contribution in [3.8, 4) is 0 Å². The molecule has 0 bridgehead atoms. The molecule has 110 valence electrons. The van der Waals surface area contributed by atoms with E-state index >= 15 is 0 Å². The SMILES string of the molecule is CC(NC(=O)C1CCCN1c1ncccn1)c1nn[nH]n1. The summed E-state index contributed by atoms with van der Waals surface area (Å²) in [5.41, 5.74) is 0. The van der Waals surface area contributed by atoms with Crippen LogP contribution in [0, 0.1) is 0 Å². The molecule has 1 saturated heterocycles. The Morgan fingerprint density at radius 1 is 1.48 bits per heavy atom. The highest BCUT2D eigenvalue weighted by atomic mass is 16.2. The van der Waals surface area contributed by atoms with Crippen LogP contribution in [0.1, 0.15) is 31.6 Å². The lowest BCUT2D eigenvalue weighted by molar-refractivity contribution is -0.122. The molecule has 1 amide bonds. The normalized spacial score (nSPS) is 19.5. The average molecular weight is 288 g/mol. The first kappa shape index (κ1) is 13.4. The lowest BCUT2D eigenvalue weighted by Gasteiger charge is -2.24. The number of aromatic amines is 1. The van der Waals surface area contributed by atoms with E-state index in [4.69, 9.17) is 0 Å². The van der Waals surface area contributed by atoms with Crippen LogP contribution in [0.25, 0.3) is 0 Å². The van der Waals surface area contributed by atoms with Gasteiger partial charge < -0.3 is 10.2 Å². The molecule has 21 heavy (non-hydrogen) atoms. The van der Waals surface area contributed by atoms with Crippen molar-refractivity contribution in [3.63, 3.8) is 0 Å². The standard InChI is InChI=1S/C12H16N8O/c1-8(10-16-18-19-17-10)15-11(21)9-4-2-7-20(9)12-13-5-3-6-14-12/h3,5-6,8-9H,2,4,7H2,1H3,(H,15,21)(H,16,17,18,19). The lowest BCUT2D eigenvalue weighted by atomic mass is 10.2. The smallest absolute Gasteiger partial charge is 0.243 e. The highest BCUT2D eigenvalue weighted by molar-refractivity contribution is 5.85. The van der Waals surface area contributed by atoms with Crippen molar-refractivity contribution < 1.29 is 4.79 Å². The van der Waals surface area contributed by atoms with Crippen LogP contribution in [0.5, 0.6) is 0 Å². The van der Waals surface area contributed by atoms with Gasteiger partial charge in [0.1, 0.15) is 6.04 Å². The third kappa shape index (κ3) is 2.81. The molecule has 0 saturated carbocycles. The van der Waals surface area contributed by atoms with Crippen LogP contribution in [-0.4, -0.2) is 49.1 Å². The molecular formula is C12H16N8O. The Morgan fingerprint density at radius 2 is 2.29 bits per heavy atom. The molecule has 1 fully saturated rings. The largest absolute Gasteiger partial charge is 0.344 e. The second-order valence-electron chi connectivity index (χ2n) is 4.90. The van der Waals surface area contributed by atoms with Gasteiger partial charge in [-0.15, -0.1) is 10.2 Å². The van der Waals surface area contributed by atoms with Gasteiger partial charge in [-0.05, 0) is 25.8 Å². The second-order valence-corrected chi connectivity index (χ2v) is 4.90. The van der Waals surface area contributed by atoms with Gasteiger partial charge in [-0.3, -0.25) is 4.79 Å². The zero-order valence-electron chi connectivity index (χ0n) is 11.6. The first-order chi connectivity index (χ1) is 10.3. The maximum Gasteiger partial charge on any atom is 0.243 e. The predicted molar refractivity (Wildman–Crippen MR) is 73.1 cm³/mol. The van der Waals surface area contributed by atoms with Crippen LogP contribution >= 0.6 is 0 Å². The van der Waals surface area contributed by atoms with Crippen molar-refractivity contribution in [3.05, 3.63) is 24.3 Å². The molecule has 1 aliphatic rings. The number of anilines is 1. The molecular weight excluding hydrogens is 272 g/mol. The number of tetrazole rings is 1. The number of hydrogen-bond acceptors (Lipinski definition) is 7. The fourth-order valence-corrected chi connectivity index (χ4v) is 2.45. The third-order valence-corrected chi connectivity index (χ3v) is 3.47. The second kappa shape index (κ2) is 5.81. The van der Waals surface area contributed by atoms with Crippen molar-refractivity contribution in [2.75, 3.05) is 11.4 Å². The van der Waals surface area contributed by atoms with Gasteiger partial charge in [0.25, 0.3) is 0 Å². The Bertz CT molecular complexity index is 587. The summed E-state index contributed by atoms with van der Waals surface area (Å²) in [6.45, 7) is 2.60. The van der Waals surface area contributed by atoms with E-state index in [1.54, 1.807) is 18.5 Å². The number of aromatic nitrogens is 6. The number of nitrogens with one attached hydrogen (secondary N) is 2. The van der Waals surface area contributed by atoms with E-state index in [1.165, 1.54) is 0 Å². The van der Waals surface area contributed by atoms with Crippen LogP contribution in [0.2, 0.25) is 0 Å². The first-order valence-electron chi connectivity index (χ1n) is 6.83. The Kier molecular flexibility index (Phi) is 3.71. The molecule has 0 spiro atoms. The zero-order chi connectivity index (χ0) is 14.7. The summed E-state index contributed by atoms with van der Waals surface area (Å²) in [4.78, 5) is 22.8. The van der Waals surface area contributed by atoms with Crippen LogP contribution in [0.15, 0.2) is 18.5 Å². The van der Waals surface area contributed by atoms with E-state index in [2.05, 4.69) is 35.9 Å². The minimum atomic E-state index is -0.296. The lowest BCUT2D eigenvalue weighted by Crippen LogP contribution is -2.44. The van der Waals surface area contributed by atoms with E-state index in [1.807, 2.05) is 11.8 Å². The molecule has 9 heteroatoms. The van der Waals surface area contributed by atoms with Gasteiger partial charge in [0.05, 0.1) is 6.04 Å². The van der Waals surface area contributed by atoms with E-state index in [9.17, 15) is 4.79 Å². The van der Waals surface area contributed by atoms with Gasteiger partial charge in [0, 0.05) is 18.9 Å². The summed E-state index contributed by atoms with van der Waals surface area (Å²) >= 11 is 0. The number of hydrogen-bond donors (Lipinski definition) is 2. The highest BCUT2D eigenvalue weighted by Gasteiger charge is 2.33. The van der Waals surface area contributed by atoms with Crippen LogP contribution < -0.4 is 10.2 Å². The summed E-state index contributed by atoms with van der Waals surface area (Å²) in [5, 5.41) is 16.5. The molecule has 2 aromatic rings. The molecule has 0 radical (unpaired) electrons. The molecule has 1 aliphatic heterocycles. The van der Waals surface area contributed by atoms with E-state index in [0.29, 0.717) is 11.8 Å². The van der Waals surface area contributed by atoms with E-state index in [-0.39, 0.29) is 18.0 Å². The van der Waals surface area contributed by atoms with Crippen molar-refractivity contribution >= 4 is 11.9 Å². The number of amides is 1. The Hall–Kier alpha value is -2.58. The predicted octanol–water partition coefficient (Wildman–Crippen LogP) is -0.164. The monoisotopic (exact) mass is 288 g/mol. The minimum absolute atomic E-state index is 0.0720. The molecule has 2 atom stereocenters. The summed E-state index contributed by atoms with van der Waals surface area (Å²) in [5.74, 6) is 0.975. The maximum absolute atomic E-state index is 12.4. The van der Waals surface area contributed by atoms with Gasteiger partial charge in [0.2, 0.25) is 11.9 Å². The molecule has 9 nitrogen and oxygen atoms in total. The molecule has 2 aromatic heterocycles. The third-order valence-electron chi connectivity index (χ3n) is 3.47. The van der Waals surface area contributed by atoms with Crippen LogP contribution in [0.4, 0.5) is 5.95 Å². The van der Waals surface area contributed by atoms with E-state index in [0.717, 1.165) is 19.4 Å². The quantitative estimate of drug-likeness (QED) is 0.803. The maximum atomic E-state index is 12.4. The Labute approximate surface area is 121 Å². The molecule has 3 heterocycles. The van der Waals surface area contributed by atoms with Gasteiger partial charge in [0.15, 0.2) is 5.82 Å². The topological polar surface area (TPSA) is 113 Å². The molecule has 0 aliphatic carbocycles. The molecule has 3 rings (SSSR count). The molecule has 2 unspecified atom stereocenters. The number of rotatable bonds is 4. The fraction of sp³-hybridized carbons (Fsp3) is 0.500. The van der Waals surface area contributed by atoms with Crippen LogP contribution in [-0.2, 0) is 4.79 Å². The zero-order valence-corrected chi connectivity index (χ0v) is 11.6. The minimum Gasteiger partial charge on any atom is -0.344 e. The van der Waals surface area contributed by atoms with Gasteiger partial charge in [-0.2, -0.15) is 5.21 Å². The van der Waals surface area contributed by atoms with Gasteiger partial charge in [-0.25, -0.2) is 9.97 Å². The van der Waals surface area contributed by atoms with Gasteiger partial charge >= 0.3 is 0 Å². The van der Waals surface area contributed by atoms with Crippen LogP contribution in [0.3, 0.4) is 0 Å². The number of nitrogens with zero attached hydrogens (tertiary/aromatic N) is 6. The summed E-state index contributed by atoms with van der Waals surface area (Å²) in [6.07, 6.45) is 5.07. The molecule has 0 aromatic carbocycles. The van der Waals surface area contributed by atoms with Gasteiger partial charge in [-0.1, -0.05) is 5.21 Å². The Morgan fingerprint density at radius 3 is 3.00 bits per heavy atom. The number of carbonyl (C=O) groups is 1. The first-order valence-corrected chi connectivity index (χ1v) is 6.83. The van der Waals surface area contributed by atoms with E-state index < -0.39 is 0 Å². The Balaban J connectivity index is 1.69.